The summed E-state index contributed by atoms with van der Waals surface area (Å²) in [4.78, 5) is 14.5. The van der Waals surface area contributed by atoms with Gasteiger partial charge >= 0.3 is 5.97 Å². The number of halogens is 1. The van der Waals surface area contributed by atoms with E-state index in [1.165, 1.54) is 14.7 Å². The number of nitrogens with one attached hydrogen (secondary N) is 1. The van der Waals surface area contributed by atoms with Crippen LogP contribution in [-0.2, 0) is 5.41 Å². The minimum absolute atomic E-state index is 0.159. The lowest BCUT2D eigenvalue weighted by Gasteiger charge is -2.34. The Hall–Kier alpha value is -1.82. The largest absolute Gasteiger partial charge is 0.478 e. The van der Waals surface area contributed by atoms with Crippen LogP contribution >= 0.6 is 22.6 Å². The molecule has 0 aliphatic carbocycles. The molecule has 2 aromatic carbocycles. The summed E-state index contributed by atoms with van der Waals surface area (Å²) in [5.74, 6) is -0.520. The Balaban J connectivity index is 2.21. The molecule has 1 heterocycles. The lowest BCUT2D eigenvalue weighted by atomic mass is 9.68. The van der Waals surface area contributed by atoms with Gasteiger partial charge in [-0.15, -0.1) is 0 Å². The lowest BCUT2D eigenvalue weighted by molar-refractivity contribution is 0.0697. The van der Waals surface area contributed by atoms with Crippen LogP contribution in [0.5, 0.6) is 0 Å². The number of fused-ring (bicyclic) bond motifs is 1. The topological polar surface area (TPSA) is 53.1 Å². The van der Waals surface area contributed by atoms with E-state index in [-0.39, 0.29) is 5.41 Å². The molecule has 0 radical (unpaired) electrons. The molecular formula is C20H20INO2. The highest BCUT2D eigenvalue weighted by Crippen LogP contribution is 2.42. The Labute approximate surface area is 155 Å². The first-order valence-corrected chi connectivity index (χ1v) is 9.03. The van der Waals surface area contributed by atoms with Crippen LogP contribution in [0.3, 0.4) is 0 Å². The number of H-pyrrole nitrogens is 1. The molecule has 0 aliphatic heterocycles. The second-order valence-electron chi connectivity index (χ2n) is 6.63. The van der Waals surface area contributed by atoms with Gasteiger partial charge in [0.25, 0.3) is 0 Å². The number of benzene rings is 2. The van der Waals surface area contributed by atoms with Crippen LogP contribution in [0.25, 0.3) is 10.9 Å². The van der Waals surface area contributed by atoms with Gasteiger partial charge in [0.2, 0.25) is 0 Å². The zero-order chi connectivity index (χ0) is 17.5. The Morgan fingerprint density at radius 1 is 1.17 bits per heavy atom. The molecular weight excluding hydrogens is 413 g/mol. The van der Waals surface area contributed by atoms with E-state index in [0.717, 1.165) is 10.9 Å². The van der Waals surface area contributed by atoms with Gasteiger partial charge < -0.3 is 10.1 Å². The van der Waals surface area contributed by atoms with Crippen molar-refractivity contribution in [1.82, 2.24) is 4.98 Å². The zero-order valence-corrected chi connectivity index (χ0v) is 16.1. The Morgan fingerprint density at radius 2 is 1.83 bits per heavy atom. The molecule has 24 heavy (non-hydrogen) atoms. The third-order valence-corrected chi connectivity index (χ3v) is 5.81. The van der Waals surface area contributed by atoms with Crippen molar-refractivity contribution in [3.05, 3.63) is 68.9 Å². The van der Waals surface area contributed by atoms with Crippen LogP contribution in [0.4, 0.5) is 0 Å². The van der Waals surface area contributed by atoms with E-state index in [4.69, 9.17) is 0 Å². The molecule has 3 rings (SSSR count). The summed E-state index contributed by atoms with van der Waals surface area (Å²) in [7, 11) is 0. The van der Waals surface area contributed by atoms with Gasteiger partial charge in [-0.2, -0.15) is 0 Å². The van der Waals surface area contributed by atoms with Crippen LogP contribution < -0.4 is 0 Å². The van der Waals surface area contributed by atoms with Crippen molar-refractivity contribution in [3.63, 3.8) is 0 Å². The van der Waals surface area contributed by atoms with E-state index >= 15 is 0 Å². The molecule has 0 aliphatic rings. The first kappa shape index (κ1) is 17.0. The predicted molar refractivity (Wildman–Crippen MR) is 106 cm³/mol. The van der Waals surface area contributed by atoms with Crippen molar-refractivity contribution in [1.29, 1.82) is 0 Å². The number of hydrogen-bond acceptors (Lipinski definition) is 1. The molecule has 0 spiro atoms. The van der Waals surface area contributed by atoms with Crippen LogP contribution in [0.15, 0.2) is 48.7 Å². The van der Waals surface area contributed by atoms with Gasteiger partial charge in [-0.05, 0) is 63.9 Å². The number of aromatic carboxylic acids is 1. The van der Waals surface area contributed by atoms with Crippen LogP contribution in [0, 0.1) is 9.49 Å². The summed E-state index contributed by atoms with van der Waals surface area (Å²) in [5, 5.41) is 10.3. The summed E-state index contributed by atoms with van der Waals surface area (Å²) in [5.41, 5.74) is 3.47. The highest BCUT2D eigenvalue weighted by molar-refractivity contribution is 14.1. The van der Waals surface area contributed by atoms with Crippen molar-refractivity contribution >= 4 is 39.5 Å². The molecule has 1 aromatic heterocycles. The lowest BCUT2D eigenvalue weighted by Crippen LogP contribution is -2.29. The van der Waals surface area contributed by atoms with E-state index in [2.05, 4.69) is 72.6 Å². The number of rotatable bonds is 4. The number of carboxylic acids is 1. The second kappa shape index (κ2) is 6.24. The fourth-order valence-corrected chi connectivity index (χ4v) is 3.64. The quantitative estimate of drug-likeness (QED) is 0.539. The fraction of sp³-hybridized carbons (Fsp3) is 0.250. The maximum atomic E-state index is 11.2. The Bertz CT molecular complexity index is 896. The standard InChI is InChI=1S/C20H20INO2/c1-12(2)20(3,14-5-7-15(21)8-6-14)17-11-22-18-10-13(19(23)24)4-9-16(17)18/h4-12,22H,1-3H3,(H,23,24). The highest BCUT2D eigenvalue weighted by Gasteiger charge is 2.34. The Kier molecular flexibility index (Phi) is 4.42. The highest BCUT2D eigenvalue weighted by atomic mass is 127. The minimum atomic E-state index is -0.905. The number of aromatic amines is 1. The number of aromatic nitrogens is 1. The monoisotopic (exact) mass is 433 g/mol. The van der Waals surface area contributed by atoms with E-state index in [1.54, 1.807) is 12.1 Å². The smallest absolute Gasteiger partial charge is 0.335 e. The average Bonchev–Trinajstić information content (AvgIpc) is 2.98. The van der Waals surface area contributed by atoms with Gasteiger partial charge in [-0.1, -0.05) is 39.0 Å². The van der Waals surface area contributed by atoms with Crippen LogP contribution in [0.1, 0.15) is 42.3 Å². The fourth-order valence-electron chi connectivity index (χ4n) is 3.28. The summed E-state index contributed by atoms with van der Waals surface area (Å²) in [6.45, 7) is 6.71. The summed E-state index contributed by atoms with van der Waals surface area (Å²) in [6, 6.07) is 13.9. The predicted octanol–water partition coefficient (Wildman–Crippen LogP) is 5.43. The zero-order valence-electron chi connectivity index (χ0n) is 13.9. The number of carbonyl (C=O) groups is 1. The first-order chi connectivity index (χ1) is 11.3. The van der Waals surface area contributed by atoms with Gasteiger partial charge in [0.1, 0.15) is 0 Å². The van der Waals surface area contributed by atoms with E-state index in [9.17, 15) is 9.90 Å². The molecule has 0 amide bonds. The molecule has 1 unspecified atom stereocenters. The van der Waals surface area contributed by atoms with E-state index < -0.39 is 5.97 Å². The van der Waals surface area contributed by atoms with Gasteiger partial charge in [0, 0.05) is 26.1 Å². The number of hydrogen-bond donors (Lipinski definition) is 2. The SMILES string of the molecule is CC(C)C(C)(c1ccc(I)cc1)c1c[nH]c2cc(C(=O)O)ccc12. The first-order valence-electron chi connectivity index (χ1n) is 7.95. The molecule has 1 atom stereocenters. The molecule has 0 fully saturated rings. The molecule has 0 saturated heterocycles. The second-order valence-corrected chi connectivity index (χ2v) is 7.88. The average molecular weight is 433 g/mol. The van der Waals surface area contributed by atoms with Crippen LogP contribution in [-0.4, -0.2) is 16.1 Å². The molecule has 0 bridgehead atoms. The van der Waals surface area contributed by atoms with Gasteiger partial charge in [0.15, 0.2) is 0 Å². The summed E-state index contributed by atoms with van der Waals surface area (Å²) >= 11 is 2.32. The van der Waals surface area contributed by atoms with E-state index in [0.29, 0.717) is 11.5 Å². The van der Waals surface area contributed by atoms with Crippen molar-refractivity contribution in [2.75, 3.05) is 0 Å². The molecule has 3 aromatic rings. The normalized spacial score (nSPS) is 14.0. The van der Waals surface area contributed by atoms with Crippen molar-refractivity contribution < 1.29 is 9.90 Å². The van der Waals surface area contributed by atoms with Crippen molar-refractivity contribution in [2.45, 2.75) is 26.2 Å². The maximum absolute atomic E-state index is 11.2. The van der Waals surface area contributed by atoms with Gasteiger partial charge in [-0.25, -0.2) is 4.79 Å². The Morgan fingerprint density at radius 3 is 2.42 bits per heavy atom. The molecule has 4 heteroatoms. The minimum Gasteiger partial charge on any atom is -0.478 e. The molecule has 0 saturated carbocycles. The number of carboxylic acid groups (broad SMARTS) is 1. The van der Waals surface area contributed by atoms with E-state index in [1.807, 2.05) is 12.3 Å². The third kappa shape index (κ3) is 2.73. The summed E-state index contributed by atoms with van der Waals surface area (Å²) < 4.78 is 1.22. The third-order valence-electron chi connectivity index (χ3n) is 5.09. The van der Waals surface area contributed by atoms with Gasteiger partial charge in [-0.3, -0.25) is 0 Å². The van der Waals surface area contributed by atoms with Crippen molar-refractivity contribution in [3.8, 4) is 0 Å². The summed E-state index contributed by atoms with van der Waals surface area (Å²) in [6.07, 6.45) is 2.02. The van der Waals surface area contributed by atoms with Gasteiger partial charge in [0.05, 0.1) is 5.56 Å². The van der Waals surface area contributed by atoms with Crippen LogP contribution in [0.2, 0.25) is 0 Å². The maximum Gasteiger partial charge on any atom is 0.335 e. The van der Waals surface area contributed by atoms with Crippen molar-refractivity contribution in [2.24, 2.45) is 5.92 Å². The molecule has 3 nitrogen and oxygen atoms in total. The molecule has 124 valence electrons. The molecule has 2 N–H and O–H groups in total.